The molecule has 3 N–H and O–H groups in total. The van der Waals surface area contributed by atoms with Crippen LogP contribution in [-0.4, -0.2) is 77.7 Å². The van der Waals surface area contributed by atoms with E-state index in [-0.39, 0.29) is 30.6 Å². The van der Waals surface area contributed by atoms with Gasteiger partial charge in [-0.3, -0.25) is 15.3 Å². The Labute approximate surface area is 192 Å². The average molecular weight is 465 g/mol. The van der Waals surface area contributed by atoms with Gasteiger partial charge in [-0.15, -0.1) is 0 Å². The van der Waals surface area contributed by atoms with Gasteiger partial charge < -0.3 is 15.4 Å². The number of ether oxygens (including phenoxy) is 1. The normalized spacial score (nSPS) is 23.1. The number of nitrogen functional groups attached to an aromatic ring is 1. The van der Waals surface area contributed by atoms with E-state index in [1.807, 2.05) is 17.9 Å². The number of nitrogens with one attached hydrogen (secondary N) is 1. The van der Waals surface area contributed by atoms with Gasteiger partial charge in [0.05, 0.1) is 17.8 Å². The number of amidine groups is 1. The number of nitrogens with zero attached hydrogens (tertiary/aromatic N) is 4. The number of rotatable bonds is 6. The van der Waals surface area contributed by atoms with Crippen molar-refractivity contribution in [2.24, 2.45) is 9.98 Å². The van der Waals surface area contributed by atoms with Crippen molar-refractivity contribution < 1.29 is 17.9 Å². The highest BCUT2D eigenvalue weighted by molar-refractivity contribution is 6.50. The molecule has 0 radical (unpaired) electrons. The van der Waals surface area contributed by atoms with E-state index in [1.165, 1.54) is 0 Å². The topological polar surface area (TPSA) is 90.3 Å². The fourth-order valence-corrected chi connectivity index (χ4v) is 4.21. The molecule has 0 spiro atoms. The quantitative estimate of drug-likeness (QED) is 0.496. The van der Waals surface area contributed by atoms with Crippen molar-refractivity contribution in [3.8, 4) is 5.75 Å². The highest BCUT2D eigenvalue weighted by Crippen LogP contribution is 2.40. The predicted molar refractivity (Wildman–Crippen MR) is 124 cm³/mol. The van der Waals surface area contributed by atoms with Gasteiger partial charge in [0.1, 0.15) is 23.9 Å². The molecule has 1 saturated carbocycles. The maximum Gasteiger partial charge on any atom is 0.390 e. The number of hydrogen-bond acceptors (Lipinski definition) is 7. The molecule has 2 aliphatic heterocycles. The summed E-state index contributed by atoms with van der Waals surface area (Å²) in [5.41, 5.74) is 7.98. The van der Waals surface area contributed by atoms with Crippen LogP contribution in [0.2, 0.25) is 0 Å². The second-order valence-corrected chi connectivity index (χ2v) is 9.37. The third kappa shape index (κ3) is 5.85. The smallest absolute Gasteiger partial charge is 0.390 e. The fourth-order valence-electron chi connectivity index (χ4n) is 4.21. The number of piperazine rings is 1. The minimum atomic E-state index is -4.14. The Bertz CT molecular complexity index is 969. The summed E-state index contributed by atoms with van der Waals surface area (Å²) in [4.78, 5) is 12.9. The second kappa shape index (κ2) is 8.96. The lowest BCUT2D eigenvalue weighted by Crippen LogP contribution is -2.54. The Kier molecular flexibility index (Phi) is 6.39. The van der Waals surface area contributed by atoms with Crippen LogP contribution in [0.25, 0.3) is 0 Å². The van der Waals surface area contributed by atoms with E-state index in [0.29, 0.717) is 48.8 Å². The Hall–Kier alpha value is -2.62. The lowest BCUT2D eigenvalue weighted by molar-refractivity contribution is -0.139. The van der Waals surface area contributed by atoms with Gasteiger partial charge in [-0.2, -0.15) is 13.2 Å². The molecule has 0 bridgehead atoms. The van der Waals surface area contributed by atoms with Gasteiger partial charge >= 0.3 is 6.18 Å². The van der Waals surface area contributed by atoms with Crippen molar-refractivity contribution in [3.63, 3.8) is 0 Å². The molecule has 7 nitrogen and oxygen atoms in total. The van der Waals surface area contributed by atoms with Gasteiger partial charge in [-0.1, -0.05) is 0 Å². The standard InChI is InChI=1S/C23H31F3N6O/c1-15-13-32(10-9-31(15)8-7-23(24,25)26)20-12-19(29-14-30-20)21(28)17-11-16(3-4-18(17)27)33-22(2)5-6-22/h3-4,11,15,28H,5-10,12-14,27H2,1-2H3. The lowest BCUT2D eigenvalue weighted by atomic mass is 10.00. The van der Waals surface area contributed by atoms with Crippen LogP contribution in [0.3, 0.4) is 0 Å². The van der Waals surface area contributed by atoms with Crippen LogP contribution >= 0.6 is 0 Å². The van der Waals surface area contributed by atoms with Crippen LogP contribution in [0.5, 0.6) is 5.75 Å². The summed E-state index contributed by atoms with van der Waals surface area (Å²) in [7, 11) is 0. The van der Waals surface area contributed by atoms with Gasteiger partial charge in [0, 0.05) is 49.9 Å². The van der Waals surface area contributed by atoms with Crippen LogP contribution in [-0.2, 0) is 0 Å². The number of nitrogens with two attached hydrogens (primary N) is 1. The summed E-state index contributed by atoms with van der Waals surface area (Å²) in [6.45, 7) is 5.99. The molecule has 1 saturated heterocycles. The number of alkyl halides is 3. The molecule has 2 fully saturated rings. The first-order valence-electron chi connectivity index (χ1n) is 11.3. The molecule has 1 aromatic rings. The van der Waals surface area contributed by atoms with Gasteiger partial charge in [-0.05, 0) is 44.9 Å². The van der Waals surface area contributed by atoms with Crippen LogP contribution in [0.1, 0.15) is 45.1 Å². The molecule has 1 unspecified atom stereocenters. The minimum Gasteiger partial charge on any atom is -0.488 e. The molecule has 4 rings (SSSR count). The maximum absolute atomic E-state index is 12.6. The van der Waals surface area contributed by atoms with Gasteiger partial charge in [-0.25, -0.2) is 4.99 Å². The van der Waals surface area contributed by atoms with Crippen LogP contribution in [0.4, 0.5) is 18.9 Å². The molecule has 0 amide bonds. The van der Waals surface area contributed by atoms with Crippen molar-refractivity contribution in [2.75, 3.05) is 38.6 Å². The number of halogens is 3. The molecular weight excluding hydrogens is 433 g/mol. The lowest BCUT2D eigenvalue weighted by Gasteiger charge is -2.41. The summed E-state index contributed by atoms with van der Waals surface area (Å²) >= 11 is 0. The van der Waals surface area contributed by atoms with Gasteiger partial charge in [0.2, 0.25) is 0 Å². The summed E-state index contributed by atoms with van der Waals surface area (Å²) in [5, 5.41) is 8.74. The molecule has 180 valence electrons. The zero-order valence-electron chi connectivity index (χ0n) is 19.1. The van der Waals surface area contributed by atoms with Gasteiger partial charge in [0.25, 0.3) is 0 Å². The second-order valence-electron chi connectivity index (χ2n) is 9.37. The van der Waals surface area contributed by atoms with E-state index in [9.17, 15) is 13.2 Å². The predicted octanol–water partition coefficient (Wildman–Crippen LogP) is 3.73. The maximum atomic E-state index is 12.6. The first kappa shape index (κ1) is 23.5. The van der Waals surface area contributed by atoms with Crippen LogP contribution in [0, 0.1) is 5.41 Å². The number of aliphatic imine (C=N–C) groups is 2. The van der Waals surface area contributed by atoms with E-state index < -0.39 is 12.6 Å². The number of hydrogen-bond donors (Lipinski definition) is 2. The Morgan fingerprint density at radius 1 is 1.27 bits per heavy atom. The fraction of sp³-hybridized carbons (Fsp3) is 0.609. The Balaban J connectivity index is 1.38. The third-order valence-electron chi connectivity index (χ3n) is 6.55. The van der Waals surface area contributed by atoms with E-state index in [4.69, 9.17) is 15.9 Å². The van der Waals surface area contributed by atoms with E-state index in [1.54, 1.807) is 12.1 Å². The van der Waals surface area contributed by atoms with Crippen LogP contribution in [0.15, 0.2) is 28.2 Å². The van der Waals surface area contributed by atoms with E-state index in [0.717, 1.165) is 18.7 Å². The summed E-state index contributed by atoms with van der Waals surface area (Å²) < 4.78 is 43.8. The first-order chi connectivity index (χ1) is 15.5. The third-order valence-corrected chi connectivity index (χ3v) is 6.55. The van der Waals surface area contributed by atoms with Crippen molar-refractivity contribution in [1.29, 1.82) is 5.41 Å². The average Bonchev–Trinajstić information content (AvgIpc) is 3.49. The largest absolute Gasteiger partial charge is 0.488 e. The minimum absolute atomic E-state index is 0.0130. The first-order valence-corrected chi connectivity index (χ1v) is 11.3. The molecule has 2 heterocycles. The molecule has 33 heavy (non-hydrogen) atoms. The molecule has 1 atom stereocenters. The van der Waals surface area contributed by atoms with E-state index in [2.05, 4.69) is 21.8 Å². The molecule has 3 aliphatic rings. The van der Waals surface area contributed by atoms with Gasteiger partial charge in [0.15, 0.2) is 0 Å². The highest BCUT2D eigenvalue weighted by atomic mass is 19.4. The van der Waals surface area contributed by atoms with Crippen molar-refractivity contribution in [2.45, 2.75) is 57.3 Å². The molecule has 1 aromatic carbocycles. The zero-order valence-corrected chi connectivity index (χ0v) is 19.1. The molecule has 1 aliphatic carbocycles. The number of benzene rings is 1. The zero-order chi connectivity index (χ0) is 23.8. The van der Waals surface area contributed by atoms with Crippen molar-refractivity contribution >= 4 is 22.9 Å². The molecular formula is C23H31F3N6O. The summed E-state index contributed by atoms with van der Waals surface area (Å²) in [6, 6.07) is 5.37. The van der Waals surface area contributed by atoms with Crippen LogP contribution < -0.4 is 10.5 Å². The highest BCUT2D eigenvalue weighted by Gasteiger charge is 2.40. The van der Waals surface area contributed by atoms with Crippen molar-refractivity contribution in [1.82, 2.24) is 9.80 Å². The SMILES string of the molecule is CC1CN(C2=NCN=C(C(=N)c3cc(OC4(C)CC4)ccc3N)C2)CCN1CCC(F)(F)F. The number of anilines is 1. The Morgan fingerprint density at radius 3 is 2.70 bits per heavy atom. The monoisotopic (exact) mass is 464 g/mol. The summed E-state index contributed by atoms with van der Waals surface area (Å²) in [5.74, 6) is 1.52. The molecule has 10 heteroatoms. The molecule has 0 aromatic heterocycles. The Morgan fingerprint density at radius 2 is 2.03 bits per heavy atom. The van der Waals surface area contributed by atoms with E-state index >= 15 is 0 Å². The summed E-state index contributed by atoms with van der Waals surface area (Å²) in [6.07, 6.45) is -2.51. The van der Waals surface area contributed by atoms with Crippen molar-refractivity contribution in [3.05, 3.63) is 23.8 Å².